The Kier molecular flexibility index (Phi) is 4.36. The Morgan fingerprint density at radius 3 is 2.50 bits per heavy atom. The lowest BCUT2D eigenvalue weighted by molar-refractivity contribution is -0.385. The van der Waals surface area contributed by atoms with Crippen LogP contribution < -0.4 is 0 Å². The second-order valence-electron chi connectivity index (χ2n) is 4.47. The number of nitro groups is 1. The molecule has 0 aromatic heterocycles. The number of non-ortho nitro benzene ring substituents is 1. The lowest BCUT2D eigenvalue weighted by atomic mass is 9.89. The van der Waals surface area contributed by atoms with E-state index in [0.29, 0.717) is 5.56 Å². The van der Waals surface area contributed by atoms with Crippen LogP contribution in [-0.4, -0.2) is 16.0 Å². The van der Waals surface area contributed by atoms with Gasteiger partial charge in [-0.2, -0.15) is 0 Å². The van der Waals surface area contributed by atoms with E-state index in [1.807, 2.05) is 0 Å². The average molecular weight is 255 g/mol. The predicted molar refractivity (Wildman–Crippen MR) is 62.7 cm³/mol. The van der Waals surface area contributed by atoms with Crippen molar-refractivity contribution in [2.24, 2.45) is 11.8 Å². The predicted octanol–water partition coefficient (Wildman–Crippen LogP) is 2.63. The highest BCUT2D eigenvalue weighted by atomic mass is 19.1. The molecule has 98 valence electrons. The monoisotopic (exact) mass is 255 g/mol. The first-order chi connectivity index (χ1) is 8.31. The third-order valence-electron chi connectivity index (χ3n) is 2.73. The minimum absolute atomic E-state index is 0.0750. The highest BCUT2D eigenvalue weighted by Gasteiger charge is 2.23. The van der Waals surface area contributed by atoms with E-state index in [-0.39, 0.29) is 18.0 Å². The summed E-state index contributed by atoms with van der Waals surface area (Å²) in [4.78, 5) is 20.9. The lowest BCUT2D eigenvalue weighted by Crippen LogP contribution is -2.22. The fourth-order valence-electron chi connectivity index (χ4n) is 1.72. The first-order valence-corrected chi connectivity index (χ1v) is 5.48. The Hall–Kier alpha value is -1.98. The second-order valence-corrected chi connectivity index (χ2v) is 4.47. The quantitative estimate of drug-likeness (QED) is 0.647. The third-order valence-corrected chi connectivity index (χ3v) is 2.73. The first-order valence-electron chi connectivity index (χ1n) is 5.48. The van der Waals surface area contributed by atoms with E-state index >= 15 is 0 Å². The zero-order valence-corrected chi connectivity index (χ0v) is 10.1. The number of nitro benzene ring substituents is 1. The smallest absolute Gasteiger partial charge is 0.307 e. The van der Waals surface area contributed by atoms with E-state index in [4.69, 9.17) is 5.11 Å². The van der Waals surface area contributed by atoms with Crippen molar-refractivity contribution in [3.8, 4) is 0 Å². The van der Waals surface area contributed by atoms with Gasteiger partial charge in [0.2, 0.25) is 0 Å². The van der Waals surface area contributed by atoms with Crippen LogP contribution in [0.3, 0.4) is 0 Å². The number of aliphatic carboxylic acids is 1. The van der Waals surface area contributed by atoms with Gasteiger partial charge in [-0.15, -0.1) is 0 Å². The summed E-state index contributed by atoms with van der Waals surface area (Å²) in [6, 6.07) is 3.15. The van der Waals surface area contributed by atoms with Crippen molar-refractivity contribution >= 4 is 11.7 Å². The Morgan fingerprint density at radius 2 is 2.06 bits per heavy atom. The molecule has 0 bridgehead atoms. The van der Waals surface area contributed by atoms with Gasteiger partial charge in [-0.05, 0) is 24.0 Å². The molecule has 1 aromatic rings. The van der Waals surface area contributed by atoms with Gasteiger partial charge in [-0.25, -0.2) is 4.39 Å². The summed E-state index contributed by atoms with van der Waals surface area (Å²) in [6.07, 6.45) is 0.0750. The molecule has 1 unspecified atom stereocenters. The van der Waals surface area contributed by atoms with Crippen LogP contribution in [0.2, 0.25) is 0 Å². The molecule has 5 nitrogen and oxygen atoms in total. The minimum atomic E-state index is -0.989. The molecule has 0 saturated heterocycles. The molecule has 0 saturated carbocycles. The molecular formula is C12H14FNO4. The molecule has 0 aliphatic heterocycles. The topological polar surface area (TPSA) is 80.4 Å². The molecule has 0 fully saturated rings. The van der Waals surface area contributed by atoms with Crippen LogP contribution in [0.4, 0.5) is 10.1 Å². The van der Waals surface area contributed by atoms with Gasteiger partial charge < -0.3 is 5.11 Å². The van der Waals surface area contributed by atoms with Crippen molar-refractivity contribution < 1.29 is 19.2 Å². The molecule has 1 rings (SSSR count). The van der Waals surface area contributed by atoms with Gasteiger partial charge in [0.05, 0.1) is 16.9 Å². The molecule has 6 heteroatoms. The summed E-state index contributed by atoms with van der Waals surface area (Å²) >= 11 is 0. The van der Waals surface area contributed by atoms with Crippen LogP contribution in [0.1, 0.15) is 19.4 Å². The van der Waals surface area contributed by atoms with Crippen LogP contribution in [0.5, 0.6) is 0 Å². The molecule has 1 aromatic carbocycles. The van der Waals surface area contributed by atoms with E-state index in [1.165, 1.54) is 6.07 Å². The van der Waals surface area contributed by atoms with E-state index < -0.39 is 22.6 Å². The van der Waals surface area contributed by atoms with E-state index in [2.05, 4.69) is 0 Å². The first kappa shape index (κ1) is 14.1. The van der Waals surface area contributed by atoms with Crippen molar-refractivity contribution in [1.29, 1.82) is 0 Å². The standard InChI is InChI=1S/C12H14FNO4/c1-7(2)11(12(15)16)5-8-3-9(13)6-10(4-8)14(17)18/h3-4,6-7,11H,5H2,1-2H3,(H,15,16). The molecule has 0 radical (unpaired) electrons. The molecule has 0 aliphatic carbocycles. The van der Waals surface area contributed by atoms with Crippen LogP contribution in [0.15, 0.2) is 18.2 Å². The van der Waals surface area contributed by atoms with Crippen molar-refractivity contribution in [3.63, 3.8) is 0 Å². The molecular weight excluding hydrogens is 241 g/mol. The molecule has 1 atom stereocenters. The Labute approximate surface area is 103 Å². The van der Waals surface area contributed by atoms with Gasteiger partial charge in [-0.1, -0.05) is 13.8 Å². The molecule has 0 heterocycles. The zero-order valence-electron chi connectivity index (χ0n) is 10.1. The van der Waals surface area contributed by atoms with Crippen LogP contribution in [0, 0.1) is 27.8 Å². The molecule has 0 amide bonds. The molecule has 18 heavy (non-hydrogen) atoms. The highest BCUT2D eigenvalue weighted by molar-refractivity contribution is 5.70. The average Bonchev–Trinajstić information content (AvgIpc) is 2.24. The summed E-state index contributed by atoms with van der Waals surface area (Å²) in [5.41, 5.74) is -0.0410. The molecule has 0 aliphatic rings. The largest absolute Gasteiger partial charge is 0.481 e. The summed E-state index contributed by atoms with van der Waals surface area (Å²) in [5, 5.41) is 19.6. The van der Waals surface area contributed by atoms with Gasteiger partial charge in [-0.3, -0.25) is 14.9 Å². The van der Waals surface area contributed by atoms with E-state index in [1.54, 1.807) is 13.8 Å². The SMILES string of the molecule is CC(C)C(Cc1cc(F)cc([N+](=O)[O-])c1)C(=O)O. The fraction of sp³-hybridized carbons (Fsp3) is 0.417. The number of carboxylic acids is 1. The van der Waals surface area contributed by atoms with Crippen molar-refractivity contribution in [2.75, 3.05) is 0 Å². The number of rotatable bonds is 5. The van der Waals surface area contributed by atoms with Gasteiger partial charge in [0.1, 0.15) is 5.82 Å². The van der Waals surface area contributed by atoms with Crippen LogP contribution in [0.25, 0.3) is 0 Å². The number of hydrogen-bond acceptors (Lipinski definition) is 3. The van der Waals surface area contributed by atoms with E-state index in [9.17, 15) is 19.3 Å². The Bertz CT molecular complexity index is 473. The maximum atomic E-state index is 13.2. The van der Waals surface area contributed by atoms with Crippen LogP contribution in [-0.2, 0) is 11.2 Å². The number of carbonyl (C=O) groups is 1. The summed E-state index contributed by atoms with van der Waals surface area (Å²) in [5.74, 6) is -2.54. The van der Waals surface area contributed by atoms with Gasteiger partial charge in [0, 0.05) is 6.07 Å². The van der Waals surface area contributed by atoms with Gasteiger partial charge >= 0.3 is 5.97 Å². The number of hydrogen-bond donors (Lipinski definition) is 1. The zero-order chi connectivity index (χ0) is 13.9. The lowest BCUT2D eigenvalue weighted by Gasteiger charge is -2.15. The Morgan fingerprint density at radius 1 is 1.44 bits per heavy atom. The van der Waals surface area contributed by atoms with Gasteiger partial charge in [0.15, 0.2) is 0 Å². The van der Waals surface area contributed by atoms with Crippen LogP contribution >= 0.6 is 0 Å². The minimum Gasteiger partial charge on any atom is -0.481 e. The molecule has 0 spiro atoms. The summed E-state index contributed by atoms with van der Waals surface area (Å²) < 4.78 is 13.2. The van der Waals surface area contributed by atoms with Crippen molar-refractivity contribution in [2.45, 2.75) is 20.3 Å². The number of benzene rings is 1. The number of carboxylic acid groups (broad SMARTS) is 1. The van der Waals surface area contributed by atoms with Crippen molar-refractivity contribution in [3.05, 3.63) is 39.7 Å². The fourth-order valence-corrected chi connectivity index (χ4v) is 1.72. The van der Waals surface area contributed by atoms with E-state index in [0.717, 1.165) is 12.1 Å². The normalized spacial score (nSPS) is 12.4. The molecule has 1 N–H and O–H groups in total. The van der Waals surface area contributed by atoms with Gasteiger partial charge in [0.25, 0.3) is 5.69 Å². The highest BCUT2D eigenvalue weighted by Crippen LogP contribution is 2.22. The summed E-state index contributed by atoms with van der Waals surface area (Å²) in [6.45, 7) is 3.49. The maximum absolute atomic E-state index is 13.2. The summed E-state index contributed by atoms with van der Waals surface area (Å²) in [7, 11) is 0. The number of nitrogens with zero attached hydrogens (tertiary/aromatic N) is 1. The number of halogens is 1. The second kappa shape index (κ2) is 5.57. The Balaban J connectivity index is 3.03. The maximum Gasteiger partial charge on any atom is 0.307 e. The third kappa shape index (κ3) is 3.51. The van der Waals surface area contributed by atoms with Crippen molar-refractivity contribution in [1.82, 2.24) is 0 Å².